The highest BCUT2D eigenvalue weighted by molar-refractivity contribution is 5.83. The van der Waals surface area contributed by atoms with Crippen LogP contribution >= 0.6 is 0 Å². The minimum atomic E-state index is -0.763. The molecule has 1 saturated carbocycles. The molecule has 0 unspecified atom stereocenters. The Hall–Kier alpha value is -1.30. The van der Waals surface area contributed by atoms with Crippen molar-refractivity contribution in [3.8, 4) is 0 Å². The Morgan fingerprint density at radius 3 is 2.46 bits per heavy atom. The Morgan fingerprint density at radius 2 is 1.92 bits per heavy atom. The summed E-state index contributed by atoms with van der Waals surface area (Å²) in [6, 6.07) is 1.57. The molecule has 1 atom stereocenters. The topological polar surface area (TPSA) is 64.1 Å². The summed E-state index contributed by atoms with van der Waals surface area (Å²) in [5.74, 6) is 0.350. The number of piperidine rings is 1. The molecule has 2 amide bonds. The van der Waals surface area contributed by atoms with Gasteiger partial charge in [0.05, 0.1) is 0 Å². The Bertz CT molecular complexity index is 524. The summed E-state index contributed by atoms with van der Waals surface area (Å²) in [6.45, 7) is 5.80. The summed E-state index contributed by atoms with van der Waals surface area (Å²) in [6.07, 6.45) is 6.62. The van der Waals surface area contributed by atoms with E-state index in [1.54, 1.807) is 4.90 Å². The summed E-state index contributed by atoms with van der Waals surface area (Å²) in [5.41, 5.74) is 0.265. The summed E-state index contributed by atoms with van der Waals surface area (Å²) in [7, 11) is 0. The Labute approximate surface area is 143 Å². The van der Waals surface area contributed by atoms with E-state index >= 15 is 0 Å². The SMILES string of the molecule is CC[C@@H]1CC(=O)N1C1CCN(C2CC3(CCN(C(=O)O)C3)C2)CC1. The average molecular weight is 335 g/mol. The van der Waals surface area contributed by atoms with Crippen LogP contribution in [0.15, 0.2) is 0 Å². The van der Waals surface area contributed by atoms with E-state index in [-0.39, 0.29) is 5.41 Å². The molecule has 3 aliphatic heterocycles. The van der Waals surface area contributed by atoms with Gasteiger partial charge in [-0.2, -0.15) is 0 Å². The molecule has 4 rings (SSSR count). The number of nitrogens with zero attached hydrogens (tertiary/aromatic N) is 3. The number of hydrogen-bond acceptors (Lipinski definition) is 3. The van der Waals surface area contributed by atoms with E-state index in [0.29, 0.717) is 30.6 Å². The maximum absolute atomic E-state index is 11.9. The van der Waals surface area contributed by atoms with Gasteiger partial charge in [-0.25, -0.2) is 4.79 Å². The number of hydrogen-bond donors (Lipinski definition) is 1. The molecular weight excluding hydrogens is 306 g/mol. The molecule has 4 aliphatic rings. The Kier molecular flexibility index (Phi) is 3.98. The summed E-state index contributed by atoms with van der Waals surface area (Å²) in [4.78, 5) is 29.3. The van der Waals surface area contributed by atoms with Crippen LogP contribution in [0.2, 0.25) is 0 Å². The van der Waals surface area contributed by atoms with Crippen molar-refractivity contribution in [1.82, 2.24) is 14.7 Å². The fraction of sp³-hybridized carbons (Fsp3) is 0.889. The van der Waals surface area contributed by atoms with Crippen LogP contribution in [0, 0.1) is 5.41 Å². The van der Waals surface area contributed by atoms with Crippen molar-refractivity contribution in [2.75, 3.05) is 26.2 Å². The van der Waals surface area contributed by atoms with Gasteiger partial charge in [-0.15, -0.1) is 0 Å². The lowest BCUT2D eigenvalue weighted by Crippen LogP contribution is -2.61. The monoisotopic (exact) mass is 335 g/mol. The third kappa shape index (κ3) is 2.59. The van der Waals surface area contributed by atoms with Gasteiger partial charge < -0.3 is 19.8 Å². The molecule has 1 aliphatic carbocycles. The van der Waals surface area contributed by atoms with Crippen LogP contribution in [0.1, 0.15) is 51.9 Å². The van der Waals surface area contributed by atoms with Crippen molar-refractivity contribution < 1.29 is 14.7 Å². The third-order valence-corrected chi connectivity index (χ3v) is 7.02. The fourth-order valence-electron chi connectivity index (χ4n) is 5.50. The van der Waals surface area contributed by atoms with Gasteiger partial charge in [-0.05, 0) is 43.9 Å². The third-order valence-electron chi connectivity index (χ3n) is 7.02. The van der Waals surface area contributed by atoms with Crippen LogP contribution in [0.25, 0.3) is 0 Å². The van der Waals surface area contributed by atoms with Crippen LogP contribution in [-0.4, -0.2) is 76.1 Å². The zero-order chi connectivity index (χ0) is 16.9. The van der Waals surface area contributed by atoms with Crippen LogP contribution in [0.3, 0.4) is 0 Å². The Morgan fingerprint density at radius 1 is 1.21 bits per heavy atom. The van der Waals surface area contributed by atoms with Crippen molar-refractivity contribution in [3.05, 3.63) is 0 Å². The zero-order valence-electron chi connectivity index (χ0n) is 14.6. The number of carbonyl (C=O) groups is 2. The summed E-state index contributed by atoms with van der Waals surface area (Å²) < 4.78 is 0. The molecule has 0 aromatic heterocycles. The lowest BCUT2D eigenvalue weighted by molar-refractivity contribution is -0.152. The second kappa shape index (κ2) is 5.90. The molecule has 0 aromatic rings. The molecule has 6 heteroatoms. The maximum Gasteiger partial charge on any atom is 0.407 e. The lowest BCUT2D eigenvalue weighted by Gasteiger charge is -2.53. The molecule has 134 valence electrons. The highest BCUT2D eigenvalue weighted by Crippen LogP contribution is 2.50. The lowest BCUT2D eigenvalue weighted by atomic mass is 9.64. The zero-order valence-corrected chi connectivity index (χ0v) is 14.6. The van der Waals surface area contributed by atoms with Crippen molar-refractivity contribution in [1.29, 1.82) is 0 Å². The average Bonchev–Trinajstić information content (AvgIpc) is 2.98. The van der Waals surface area contributed by atoms with E-state index in [9.17, 15) is 9.59 Å². The highest BCUT2D eigenvalue weighted by Gasteiger charge is 2.51. The Balaban J connectivity index is 1.25. The van der Waals surface area contributed by atoms with Gasteiger partial charge in [-0.3, -0.25) is 4.79 Å². The molecule has 4 fully saturated rings. The summed E-state index contributed by atoms with van der Waals surface area (Å²) in [5, 5.41) is 9.14. The van der Waals surface area contributed by atoms with E-state index in [1.165, 1.54) is 0 Å². The van der Waals surface area contributed by atoms with Gasteiger partial charge in [-0.1, -0.05) is 6.92 Å². The first-order valence-electron chi connectivity index (χ1n) is 9.54. The molecule has 1 N–H and O–H groups in total. The van der Waals surface area contributed by atoms with Gasteiger partial charge >= 0.3 is 6.09 Å². The number of carbonyl (C=O) groups excluding carboxylic acids is 1. The smallest absolute Gasteiger partial charge is 0.407 e. The number of amides is 2. The number of rotatable bonds is 3. The predicted octanol–water partition coefficient (Wildman–Crippen LogP) is 1.99. The van der Waals surface area contributed by atoms with Crippen LogP contribution in [0.5, 0.6) is 0 Å². The number of carboxylic acid groups (broad SMARTS) is 1. The first-order chi connectivity index (χ1) is 11.5. The number of likely N-dealkylation sites (tertiary alicyclic amines) is 3. The van der Waals surface area contributed by atoms with E-state index in [1.807, 2.05) is 0 Å². The van der Waals surface area contributed by atoms with Crippen molar-refractivity contribution >= 4 is 12.0 Å². The minimum Gasteiger partial charge on any atom is -0.465 e. The van der Waals surface area contributed by atoms with Crippen LogP contribution < -0.4 is 0 Å². The standard InChI is InChI=1S/C18H29N3O3/c1-2-13-9-16(22)21(13)14-3-6-19(7-4-14)15-10-18(11-15)5-8-20(12-18)17(23)24/h13-15H,2-12H2,1H3,(H,23,24)/t13-,15?,18?/m1/s1. The molecular formula is C18H29N3O3. The molecule has 0 bridgehead atoms. The van der Waals surface area contributed by atoms with Crippen molar-refractivity contribution in [2.24, 2.45) is 5.41 Å². The summed E-state index contributed by atoms with van der Waals surface area (Å²) >= 11 is 0. The van der Waals surface area contributed by atoms with Gasteiger partial charge in [0.2, 0.25) is 5.91 Å². The molecule has 6 nitrogen and oxygen atoms in total. The second-order valence-corrected chi connectivity index (χ2v) is 8.35. The van der Waals surface area contributed by atoms with Crippen LogP contribution in [0.4, 0.5) is 4.79 Å². The van der Waals surface area contributed by atoms with Gasteiger partial charge in [0.15, 0.2) is 0 Å². The molecule has 3 heterocycles. The minimum absolute atomic E-state index is 0.265. The molecule has 1 spiro atoms. The first-order valence-corrected chi connectivity index (χ1v) is 9.54. The normalized spacial score (nSPS) is 37.6. The van der Waals surface area contributed by atoms with Gasteiger partial charge in [0, 0.05) is 50.7 Å². The van der Waals surface area contributed by atoms with E-state index in [2.05, 4.69) is 16.7 Å². The van der Waals surface area contributed by atoms with E-state index < -0.39 is 6.09 Å². The largest absolute Gasteiger partial charge is 0.465 e. The van der Waals surface area contributed by atoms with Gasteiger partial charge in [0.25, 0.3) is 0 Å². The van der Waals surface area contributed by atoms with E-state index in [0.717, 1.165) is 64.6 Å². The van der Waals surface area contributed by atoms with Crippen molar-refractivity contribution in [2.45, 2.75) is 70.0 Å². The van der Waals surface area contributed by atoms with E-state index in [4.69, 9.17) is 5.11 Å². The van der Waals surface area contributed by atoms with Gasteiger partial charge in [0.1, 0.15) is 0 Å². The second-order valence-electron chi connectivity index (χ2n) is 8.35. The number of β-lactam (4-membered cyclic amide) rings is 1. The molecule has 3 saturated heterocycles. The highest BCUT2D eigenvalue weighted by atomic mass is 16.4. The quantitative estimate of drug-likeness (QED) is 0.801. The molecule has 24 heavy (non-hydrogen) atoms. The molecule has 0 aromatic carbocycles. The van der Waals surface area contributed by atoms with Crippen LogP contribution in [-0.2, 0) is 4.79 Å². The maximum atomic E-state index is 11.9. The predicted molar refractivity (Wildman–Crippen MR) is 89.8 cm³/mol. The fourth-order valence-corrected chi connectivity index (χ4v) is 5.50. The first kappa shape index (κ1) is 16.2. The molecule has 0 radical (unpaired) electrons. The van der Waals surface area contributed by atoms with Crippen molar-refractivity contribution in [3.63, 3.8) is 0 Å².